The Bertz CT molecular complexity index is 973. The average molecular weight is 445 g/mol. The summed E-state index contributed by atoms with van der Waals surface area (Å²) in [5, 5.41) is 0. The van der Waals surface area contributed by atoms with Crippen molar-refractivity contribution in [2.45, 2.75) is 65.4 Å². The highest BCUT2D eigenvalue weighted by Gasteiger charge is 2.11. The van der Waals surface area contributed by atoms with Gasteiger partial charge in [-0.3, -0.25) is 0 Å². The summed E-state index contributed by atoms with van der Waals surface area (Å²) in [5.41, 5.74) is 5.24. The zero-order valence-electron chi connectivity index (χ0n) is 20.2. The summed E-state index contributed by atoms with van der Waals surface area (Å²) >= 11 is 0. The van der Waals surface area contributed by atoms with E-state index < -0.39 is 0 Å². The van der Waals surface area contributed by atoms with Gasteiger partial charge in [0.05, 0.1) is 11.7 Å². The van der Waals surface area contributed by atoms with Crippen molar-refractivity contribution in [1.29, 1.82) is 0 Å². The molecule has 1 atom stereocenters. The molecule has 0 saturated heterocycles. The molecule has 0 N–H and O–H groups in total. The number of hydrogen-bond acceptors (Lipinski definition) is 3. The van der Waals surface area contributed by atoms with E-state index in [1.807, 2.05) is 43.3 Å². The summed E-state index contributed by atoms with van der Waals surface area (Å²) in [7, 11) is 0. The standard InChI is InChI=1S/C30H36O3/c1-4-6-8-9-24-10-12-26(13-11-24)27-18-20-29(21-19-27)33-30(31)28-16-14-25(15-17-28)23(3)32-22-7-5-2/h10-21,23H,4-9,22H2,1-3H3. The van der Waals surface area contributed by atoms with Crippen molar-refractivity contribution in [3.05, 3.63) is 89.5 Å². The summed E-state index contributed by atoms with van der Waals surface area (Å²) < 4.78 is 11.4. The minimum absolute atomic E-state index is 0.0135. The van der Waals surface area contributed by atoms with Crippen molar-refractivity contribution in [3.63, 3.8) is 0 Å². The molecule has 3 aromatic carbocycles. The number of carbonyl (C=O) groups is 1. The van der Waals surface area contributed by atoms with Gasteiger partial charge >= 0.3 is 5.97 Å². The molecule has 0 heterocycles. The molecule has 0 bridgehead atoms. The number of unbranched alkanes of at least 4 members (excludes halogenated alkanes) is 3. The molecule has 3 nitrogen and oxygen atoms in total. The van der Waals surface area contributed by atoms with E-state index in [4.69, 9.17) is 9.47 Å². The van der Waals surface area contributed by atoms with Gasteiger partial charge in [-0.15, -0.1) is 0 Å². The average Bonchev–Trinajstić information content (AvgIpc) is 2.85. The van der Waals surface area contributed by atoms with Crippen LogP contribution >= 0.6 is 0 Å². The first-order valence-electron chi connectivity index (χ1n) is 12.2. The van der Waals surface area contributed by atoms with Gasteiger partial charge in [-0.2, -0.15) is 0 Å². The molecule has 0 amide bonds. The van der Waals surface area contributed by atoms with Crippen molar-refractivity contribution in [1.82, 2.24) is 0 Å². The molecule has 0 aliphatic carbocycles. The molecule has 3 heteroatoms. The Morgan fingerprint density at radius 1 is 0.758 bits per heavy atom. The van der Waals surface area contributed by atoms with Gasteiger partial charge in [-0.25, -0.2) is 4.79 Å². The third kappa shape index (κ3) is 7.57. The van der Waals surface area contributed by atoms with Gasteiger partial charge in [0, 0.05) is 6.61 Å². The van der Waals surface area contributed by atoms with Crippen LogP contribution < -0.4 is 4.74 Å². The van der Waals surface area contributed by atoms with Gasteiger partial charge in [0.1, 0.15) is 5.75 Å². The molecule has 0 fully saturated rings. The first-order valence-corrected chi connectivity index (χ1v) is 12.2. The molecule has 0 saturated carbocycles. The third-order valence-corrected chi connectivity index (χ3v) is 5.90. The van der Waals surface area contributed by atoms with E-state index in [2.05, 4.69) is 38.1 Å². The first-order chi connectivity index (χ1) is 16.1. The Morgan fingerprint density at radius 3 is 1.97 bits per heavy atom. The van der Waals surface area contributed by atoms with Crippen LogP contribution in [0.4, 0.5) is 0 Å². The summed E-state index contributed by atoms with van der Waals surface area (Å²) in [6, 6.07) is 23.9. The van der Waals surface area contributed by atoms with Gasteiger partial charge in [-0.1, -0.05) is 81.6 Å². The van der Waals surface area contributed by atoms with E-state index in [1.165, 1.54) is 24.8 Å². The third-order valence-electron chi connectivity index (χ3n) is 5.90. The fourth-order valence-electron chi connectivity index (χ4n) is 3.72. The van der Waals surface area contributed by atoms with Crippen LogP contribution in [-0.4, -0.2) is 12.6 Å². The SMILES string of the molecule is CCCCCc1ccc(-c2ccc(OC(=O)c3ccc(C(C)OCCCC)cc3)cc2)cc1. The molecule has 174 valence electrons. The number of hydrogen-bond donors (Lipinski definition) is 0. The highest BCUT2D eigenvalue weighted by molar-refractivity contribution is 5.91. The summed E-state index contributed by atoms with van der Waals surface area (Å²) in [5.74, 6) is 0.186. The normalized spacial score (nSPS) is 11.8. The molecule has 3 aromatic rings. The van der Waals surface area contributed by atoms with Crippen molar-refractivity contribution in [3.8, 4) is 16.9 Å². The number of ether oxygens (including phenoxy) is 2. The van der Waals surface area contributed by atoms with Gasteiger partial charge in [0.25, 0.3) is 0 Å². The largest absolute Gasteiger partial charge is 0.423 e. The fraction of sp³-hybridized carbons (Fsp3) is 0.367. The molecule has 33 heavy (non-hydrogen) atoms. The molecule has 3 rings (SSSR count). The molecule has 0 radical (unpaired) electrons. The molecule has 0 aliphatic heterocycles. The number of esters is 1. The lowest BCUT2D eigenvalue weighted by atomic mass is 10.0. The Hall–Kier alpha value is -2.91. The van der Waals surface area contributed by atoms with Gasteiger partial charge in [0.2, 0.25) is 0 Å². The van der Waals surface area contributed by atoms with E-state index in [0.29, 0.717) is 11.3 Å². The molecule has 0 aromatic heterocycles. The smallest absolute Gasteiger partial charge is 0.343 e. The number of carbonyl (C=O) groups excluding carboxylic acids is 1. The van der Waals surface area contributed by atoms with Crippen LogP contribution in [0.2, 0.25) is 0 Å². The number of benzene rings is 3. The molecule has 0 spiro atoms. The van der Waals surface area contributed by atoms with Crippen LogP contribution in [0.1, 0.15) is 80.5 Å². The molecular weight excluding hydrogens is 408 g/mol. The first kappa shape index (κ1) is 24.7. The van der Waals surface area contributed by atoms with Crippen LogP contribution in [0, 0.1) is 0 Å². The van der Waals surface area contributed by atoms with Crippen molar-refractivity contribution < 1.29 is 14.3 Å². The number of rotatable bonds is 12. The van der Waals surface area contributed by atoms with Crippen LogP contribution in [0.3, 0.4) is 0 Å². The minimum atomic E-state index is -0.356. The summed E-state index contributed by atoms with van der Waals surface area (Å²) in [6.07, 6.45) is 7.08. The lowest BCUT2D eigenvalue weighted by Crippen LogP contribution is -2.09. The predicted molar refractivity (Wildman–Crippen MR) is 136 cm³/mol. The highest BCUT2D eigenvalue weighted by Crippen LogP contribution is 2.24. The Labute approximate surface area is 198 Å². The molecular formula is C30H36O3. The van der Waals surface area contributed by atoms with Gasteiger partial charge in [-0.05, 0) is 72.7 Å². The van der Waals surface area contributed by atoms with Crippen molar-refractivity contribution in [2.75, 3.05) is 6.61 Å². The highest BCUT2D eigenvalue weighted by atomic mass is 16.5. The predicted octanol–water partition coefficient (Wildman–Crippen LogP) is 8.18. The zero-order valence-corrected chi connectivity index (χ0v) is 20.2. The van der Waals surface area contributed by atoms with E-state index in [0.717, 1.165) is 42.6 Å². The fourth-order valence-corrected chi connectivity index (χ4v) is 3.72. The molecule has 1 unspecified atom stereocenters. The van der Waals surface area contributed by atoms with E-state index >= 15 is 0 Å². The van der Waals surface area contributed by atoms with Crippen molar-refractivity contribution in [2.24, 2.45) is 0 Å². The molecule has 0 aliphatic rings. The van der Waals surface area contributed by atoms with E-state index in [9.17, 15) is 4.79 Å². The minimum Gasteiger partial charge on any atom is -0.423 e. The second kappa shape index (κ2) is 13.0. The monoisotopic (exact) mass is 444 g/mol. The summed E-state index contributed by atoms with van der Waals surface area (Å²) in [6.45, 7) is 7.16. The van der Waals surface area contributed by atoms with Gasteiger partial charge < -0.3 is 9.47 Å². The zero-order chi connectivity index (χ0) is 23.5. The van der Waals surface area contributed by atoms with Crippen LogP contribution in [-0.2, 0) is 11.2 Å². The Kier molecular flexibility index (Phi) is 9.71. The quantitative estimate of drug-likeness (QED) is 0.160. The lowest BCUT2D eigenvalue weighted by molar-refractivity contribution is 0.0635. The Balaban J connectivity index is 1.55. The van der Waals surface area contributed by atoms with Crippen molar-refractivity contribution >= 4 is 5.97 Å². The van der Waals surface area contributed by atoms with E-state index in [-0.39, 0.29) is 12.1 Å². The number of aryl methyl sites for hydroxylation is 1. The summed E-state index contributed by atoms with van der Waals surface area (Å²) in [4.78, 5) is 12.6. The van der Waals surface area contributed by atoms with E-state index in [1.54, 1.807) is 12.1 Å². The van der Waals surface area contributed by atoms with Crippen LogP contribution in [0.15, 0.2) is 72.8 Å². The Morgan fingerprint density at radius 2 is 1.36 bits per heavy atom. The topological polar surface area (TPSA) is 35.5 Å². The van der Waals surface area contributed by atoms with Crippen LogP contribution in [0.5, 0.6) is 5.75 Å². The second-order valence-electron chi connectivity index (χ2n) is 8.56. The maximum atomic E-state index is 12.6. The maximum absolute atomic E-state index is 12.6. The second-order valence-corrected chi connectivity index (χ2v) is 8.56. The van der Waals surface area contributed by atoms with Gasteiger partial charge in [0.15, 0.2) is 0 Å². The maximum Gasteiger partial charge on any atom is 0.343 e. The van der Waals surface area contributed by atoms with Crippen LogP contribution in [0.25, 0.3) is 11.1 Å². The lowest BCUT2D eigenvalue weighted by Gasteiger charge is -2.13.